The van der Waals surface area contributed by atoms with E-state index in [1.165, 1.54) is 13.2 Å². The van der Waals surface area contributed by atoms with E-state index in [9.17, 15) is 18.0 Å². The molecule has 1 unspecified atom stereocenters. The molecular weight excluding hydrogens is 299 g/mol. The van der Waals surface area contributed by atoms with Gasteiger partial charge in [0.05, 0.1) is 19.3 Å². The second-order valence-corrected chi connectivity index (χ2v) is 5.86. The number of hydrogen-bond acceptors (Lipinski definition) is 3. The Kier molecular flexibility index (Phi) is 7.49. The quantitative estimate of drug-likeness (QED) is 0.584. The van der Waals surface area contributed by atoms with Crippen molar-refractivity contribution in [1.82, 2.24) is 5.32 Å². The first-order valence-electron chi connectivity index (χ1n) is 6.80. The van der Waals surface area contributed by atoms with E-state index in [1.807, 2.05) is 0 Å². The molecule has 0 fully saturated rings. The number of nitrogens with one attached hydrogen (secondary N) is 1. The SMILES string of the molecule is C=CC(CC(CC(F)(F)F)NC(=O)OC(C)(C)C)=C(C)OC. The fourth-order valence-electron chi connectivity index (χ4n) is 1.70. The van der Waals surface area contributed by atoms with Crippen molar-refractivity contribution in [2.75, 3.05) is 7.11 Å². The Morgan fingerprint density at radius 2 is 1.86 bits per heavy atom. The van der Waals surface area contributed by atoms with Crippen LogP contribution < -0.4 is 5.32 Å². The Bertz CT molecular complexity index is 423. The van der Waals surface area contributed by atoms with Gasteiger partial charge in [0.1, 0.15) is 5.60 Å². The minimum atomic E-state index is -4.41. The maximum atomic E-state index is 12.7. The second kappa shape index (κ2) is 8.10. The van der Waals surface area contributed by atoms with Crippen molar-refractivity contribution in [2.45, 2.75) is 58.4 Å². The molecular formula is C15H24F3NO3. The van der Waals surface area contributed by atoms with Gasteiger partial charge in [-0.2, -0.15) is 13.2 Å². The summed E-state index contributed by atoms with van der Waals surface area (Å²) in [5, 5.41) is 2.26. The number of alkyl carbamates (subject to hydrolysis) is 1. The number of amides is 1. The van der Waals surface area contributed by atoms with Gasteiger partial charge < -0.3 is 14.8 Å². The summed E-state index contributed by atoms with van der Waals surface area (Å²) >= 11 is 0. The smallest absolute Gasteiger partial charge is 0.407 e. The standard InChI is InChI=1S/C15H24F3NO3/c1-7-11(10(2)21-6)8-12(9-15(16,17)18)19-13(20)22-14(3,4)5/h7,12H,1,8-9H2,2-6H3,(H,19,20). The molecule has 0 aliphatic carbocycles. The van der Waals surface area contributed by atoms with E-state index < -0.39 is 30.3 Å². The zero-order chi connectivity index (χ0) is 17.6. The van der Waals surface area contributed by atoms with Crippen molar-refractivity contribution in [3.05, 3.63) is 24.0 Å². The predicted octanol–water partition coefficient (Wildman–Crippen LogP) is 4.33. The third-order valence-corrected chi connectivity index (χ3v) is 2.67. The lowest BCUT2D eigenvalue weighted by Crippen LogP contribution is -2.41. The molecule has 0 aliphatic heterocycles. The third kappa shape index (κ3) is 9.31. The first-order valence-corrected chi connectivity index (χ1v) is 6.80. The molecule has 0 aromatic rings. The number of carbonyl (C=O) groups excluding carboxylic acids is 1. The molecule has 22 heavy (non-hydrogen) atoms. The molecule has 0 rings (SSSR count). The third-order valence-electron chi connectivity index (χ3n) is 2.67. The van der Waals surface area contributed by atoms with Crippen molar-refractivity contribution in [3.8, 4) is 0 Å². The van der Waals surface area contributed by atoms with Gasteiger partial charge in [-0.15, -0.1) is 0 Å². The summed E-state index contributed by atoms with van der Waals surface area (Å²) in [5.74, 6) is 0.452. The molecule has 0 aromatic carbocycles. The van der Waals surface area contributed by atoms with Gasteiger partial charge >= 0.3 is 12.3 Å². The minimum absolute atomic E-state index is 0.0536. The highest BCUT2D eigenvalue weighted by atomic mass is 19.4. The van der Waals surface area contributed by atoms with Crippen LogP contribution in [0.3, 0.4) is 0 Å². The summed E-state index contributed by atoms with van der Waals surface area (Å²) in [6.07, 6.45) is -5.10. The van der Waals surface area contributed by atoms with Gasteiger partial charge in [-0.05, 0) is 39.7 Å². The van der Waals surface area contributed by atoms with Crippen LogP contribution in [0.4, 0.5) is 18.0 Å². The van der Waals surface area contributed by atoms with Crippen LogP contribution >= 0.6 is 0 Å². The van der Waals surface area contributed by atoms with Gasteiger partial charge in [0.25, 0.3) is 0 Å². The molecule has 0 radical (unpaired) electrons. The predicted molar refractivity (Wildman–Crippen MR) is 78.4 cm³/mol. The minimum Gasteiger partial charge on any atom is -0.501 e. The van der Waals surface area contributed by atoms with E-state index in [0.29, 0.717) is 11.3 Å². The average molecular weight is 323 g/mol. The van der Waals surface area contributed by atoms with Crippen LogP contribution in [-0.2, 0) is 9.47 Å². The van der Waals surface area contributed by atoms with Crippen molar-refractivity contribution >= 4 is 6.09 Å². The fraction of sp³-hybridized carbons (Fsp3) is 0.667. The van der Waals surface area contributed by atoms with Gasteiger partial charge in [-0.25, -0.2) is 4.79 Å². The van der Waals surface area contributed by atoms with Gasteiger partial charge in [0.15, 0.2) is 0 Å². The highest BCUT2D eigenvalue weighted by molar-refractivity contribution is 5.68. The first kappa shape index (κ1) is 20.3. The molecule has 0 bridgehead atoms. The number of allylic oxidation sites excluding steroid dienone is 2. The van der Waals surface area contributed by atoms with E-state index in [4.69, 9.17) is 9.47 Å². The molecule has 1 amide bonds. The highest BCUT2D eigenvalue weighted by Crippen LogP contribution is 2.26. The molecule has 1 N–H and O–H groups in total. The van der Waals surface area contributed by atoms with E-state index in [0.717, 1.165) is 0 Å². The first-order chi connectivity index (χ1) is 9.88. The Hall–Kier alpha value is -1.66. The van der Waals surface area contributed by atoms with Crippen molar-refractivity contribution < 1.29 is 27.4 Å². The second-order valence-electron chi connectivity index (χ2n) is 5.86. The number of hydrogen-bond donors (Lipinski definition) is 1. The topological polar surface area (TPSA) is 47.6 Å². The molecule has 0 spiro atoms. The largest absolute Gasteiger partial charge is 0.501 e. The van der Waals surface area contributed by atoms with Crippen LogP contribution in [0.5, 0.6) is 0 Å². The average Bonchev–Trinajstić information content (AvgIpc) is 2.30. The molecule has 0 saturated heterocycles. The zero-order valence-corrected chi connectivity index (χ0v) is 13.6. The lowest BCUT2D eigenvalue weighted by Gasteiger charge is -2.25. The van der Waals surface area contributed by atoms with Gasteiger partial charge in [0.2, 0.25) is 0 Å². The molecule has 0 heterocycles. The number of halogens is 3. The fourth-order valence-corrected chi connectivity index (χ4v) is 1.70. The van der Waals surface area contributed by atoms with Crippen LogP contribution in [0, 0.1) is 0 Å². The summed E-state index contributed by atoms with van der Waals surface area (Å²) in [6.45, 7) is 10.1. The summed E-state index contributed by atoms with van der Waals surface area (Å²) in [5.41, 5.74) is -0.292. The van der Waals surface area contributed by atoms with Crippen LogP contribution in [0.1, 0.15) is 40.5 Å². The monoisotopic (exact) mass is 323 g/mol. The molecule has 128 valence electrons. The van der Waals surface area contributed by atoms with Crippen LogP contribution in [0.15, 0.2) is 24.0 Å². The molecule has 4 nitrogen and oxygen atoms in total. The van der Waals surface area contributed by atoms with E-state index in [-0.39, 0.29) is 6.42 Å². The maximum Gasteiger partial charge on any atom is 0.407 e. The Morgan fingerprint density at radius 3 is 2.23 bits per heavy atom. The van der Waals surface area contributed by atoms with E-state index in [2.05, 4.69) is 11.9 Å². The number of alkyl halides is 3. The summed E-state index contributed by atoms with van der Waals surface area (Å²) in [4.78, 5) is 11.7. The molecule has 7 heteroatoms. The number of ether oxygens (including phenoxy) is 2. The van der Waals surface area contributed by atoms with Gasteiger partial charge in [-0.1, -0.05) is 12.7 Å². The number of carbonyl (C=O) groups is 1. The van der Waals surface area contributed by atoms with E-state index >= 15 is 0 Å². The van der Waals surface area contributed by atoms with Crippen molar-refractivity contribution in [3.63, 3.8) is 0 Å². The summed E-state index contributed by atoms with van der Waals surface area (Å²) < 4.78 is 48.0. The van der Waals surface area contributed by atoms with Crippen molar-refractivity contribution in [2.24, 2.45) is 0 Å². The molecule has 0 aromatic heterocycles. The lowest BCUT2D eigenvalue weighted by molar-refractivity contribution is -0.139. The van der Waals surface area contributed by atoms with Gasteiger partial charge in [-0.3, -0.25) is 0 Å². The maximum absolute atomic E-state index is 12.7. The number of rotatable bonds is 6. The van der Waals surface area contributed by atoms with Crippen LogP contribution in [0.25, 0.3) is 0 Å². The highest BCUT2D eigenvalue weighted by Gasteiger charge is 2.33. The van der Waals surface area contributed by atoms with Crippen LogP contribution in [0.2, 0.25) is 0 Å². The normalized spacial score (nSPS) is 14.7. The summed E-state index contributed by atoms with van der Waals surface area (Å²) in [6, 6.07) is -1.16. The molecule has 1 atom stereocenters. The molecule has 0 saturated carbocycles. The zero-order valence-electron chi connectivity index (χ0n) is 13.6. The Labute approximate surface area is 129 Å². The molecule has 0 aliphatic rings. The Balaban J connectivity index is 5.06. The summed E-state index contributed by atoms with van der Waals surface area (Å²) in [7, 11) is 1.42. The van der Waals surface area contributed by atoms with Gasteiger partial charge in [0, 0.05) is 6.04 Å². The lowest BCUT2D eigenvalue weighted by atomic mass is 10.0. The van der Waals surface area contributed by atoms with E-state index in [1.54, 1.807) is 27.7 Å². The Morgan fingerprint density at radius 1 is 1.32 bits per heavy atom. The van der Waals surface area contributed by atoms with Crippen LogP contribution in [-0.4, -0.2) is 31.0 Å². The van der Waals surface area contributed by atoms with Crippen molar-refractivity contribution in [1.29, 1.82) is 0 Å². The number of methoxy groups -OCH3 is 1.